The number of halogens is 1. The van der Waals surface area contributed by atoms with Gasteiger partial charge in [-0.3, -0.25) is 4.90 Å². The first-order valence-electron chi connectivity index (χ1n) is 8.79. The highest BCUT2D eigenvalue weighted by Crippen LogP contribution is 2.54. The average Bonchev–Trinajstić information content (AvgIpc) is 2.81. The number of fused-ring (bicyclic) bond motifs is 2. The summed E-state index contributed by atoms with van der Waals surface area (Å²) in [4.78, 5) is 13.7. The molecule has 0 spiro atoms. The highest BCUT2D eigenvalue weighted by atomic mass is 19.1. The van der Waals surface area contributed by atoms with E-state index in [4.69, 9.17) is 0 Å². The van der Waals surface area contributed by atoms with Crippen molar-refractivity contribution in [2.45, 2.75) is 58.0 Å². The minimum absolute atomic E-state index is 0.100. The average molecular weight is 347 g/mol. The quantitative estimate of drug-likeness (QED) is 0.839. The largest absolute Gasteiger partial charge is 0.465 e. The van der Waals surface area contributed by atoms with Crippen LogP contribution in [0.15, 0.2) is 29.8 Å². The Hall–Kier alpha value is -1.88. The predicted molar refractivity (Wildman–Crippen MR) is 94.7 cm³/mol. The summed E-state index contributed by atoms with van der Waals surface area (Å²) in [5, 5.41) is 19.9. The van der Waals surface area contributed by atoms with Gasteiger partial charge in [0.15, 0.2) is 0 Å². The lowest BCUT2D eigenvalue weighted by Gasteiger charge is -2.48. The Morgan fingerprint density at radius 3 is 2.48 bits per heavy atom. The minimum Gasteiger partial charge on any atom is -0.465 e. The first kappa shape index (κ1) is 17.9. The topological polar surface area (TPSA) is 60.8 Å². The number of aliphatic hydroxyl groups excluding tert-OH is 1. The van der Waals surface area contributed by atoms with Crippen LogP contribution in [0.3, 0.4) is 0 Å². The molecule has 2 aliphatic rings. The molecule has 136 valence electrons. The highest BCUT2D eigenvalue weighted by Gasteiger charge is 2.57. The Balaban J connectivity index is 2.16. The van der Waals surface area contributed by atoms with Crippen LogP contribution in [-0.2, 0) is 0 Å². The summed E-state index contributed by atoms with van der Waals surface area (Å²) in [5.74, 6) is -0.303. The van der Waals surface area contributed by atoms with Gasteiger partial charge in [-0.25, -0.2) is 9.18 Å². The van der Waals surface area contributed by atoms with Crippen LogP contribution in [0.4, 0.5) is 9.18 Å². The Morgan fingerprint density at radius 1 is 1.32 bits per heavy atom. The van der Waals surface area contributed by atoms with E-state index in [0.717, 1.165) is 29.6 Å². The monoisotopic (exact) mass is 347 g/mol. The van der Waals surface area contributed by atoms with E-state index in [1.165, 1.54) is 12.1 Å². The smallest absolute Gasteiger partial charge is 0.408 e. The maximum atomic E-state index is 13.3. The lowest BCUT2D eigenvalue weighted by molar-refractivity contribution is 0.0192. The molecule has 0 aromatic heterocycles. The summed E-state index contributed by atoms with van der Waals surface area (Å²) in [7, 11) is 0. The fourth-order valence-electron chi connectivity index (χ4n) is 4.65. The molecule has 2 atom stereocenters. The van der Waals surface area contributed by atoms with E-state index < -0.39 is 11.6 Å². The molecule has 1 amide bonds. The van der Waals surface area contributed by atoms with E-state index >= 15 is 0 Å². The fourth-order valence-corrected chi connectivity index (χ4v) is 4.65. The van der Waals surface area contributed by atoms with E-state index in [-0.39, 0.29) is 23.9 Å². The summed E-state index contributed by atoms with van der Waals surface area (Å²) in [5.41, 5.74) is 1.92. The number of hydrogen-bond donors (Lipinski definition) is 2. The van der Waals surface area contributed by atoms with Crippen LogP contribution in [-0.4, -0.2) is 39.4 Å². The molecule has 2 unspecified atom stereocenters. The van der Waals surface area contributed by atoms with Gasteiger partial charge < -0.3 is 10.2 Å². The summed E-state index contributed by atoms with van der Waals surface area (Å²) >= 11 is 0. The van der Waals surface area contributed by atoms with Crippen LogP contribution in [0, 0.1) is 11.2 Å². The van der Waals surface area contributed by atoms with Gasteiger partial charge in [-0.1, -0.05) is 32.9 Å². The standard InChI is InChI=1S/C20H26FNO3/c1-19(2,3)20-9-8-16(22(20)18(24)25)10-14(12-23)17(11-20)13-4-6-15(21)7-5-13/h4-7,16,23H,8-12H2,1-3H3,(H,24,25). The van der Waals surface area contributed by atoms with Crippen molar-refractivity contribution in [3.63, 3.8) is 0 Å². The van der Waals surface area contributed by atoms with E-state index in [1.54, 1.807) is 17.0 Å². The number of hydrogen-bond acceptors (Lipinski definition) is 2. The van der Waals surface area contributed by atoms with Gasteiger partial charge in [0.1, 0.15) is 5.82 Å². The van der Waals surface area contributed by atoms with Gasteiger partial charge in [-0.2, -0.15) is 0 Å². The van der Waals surface area contributed by atoms with Gasteiger partial charge in [-0.15, -0.1) is 0 Å². The first-order valence-corrected chi connectivity index (χ1v) is 8.79. The Labute approximate surface area is 148 Å². The van der Waals surface area contributed by atoms with Gasteiger partial charge >= 0.3 is 6.09 Å². The minimum atomic E-state index is -0.893. The zero-order chi connectivity index (χ0) is 18.4. The number of nitrogens with zero attached hydrogens (tertiary/aromatic N) is 1. The molecule has 0 saturated carbocycles. The van der Waals surface area contributed by atoms with Crippen molar-refractivity contribution < 1.29 is 19.4 Å². The molecule has 0 aliphatic carbocycles. The van der Waals surface area contributed by atoms with Crippen LogP contribution in [0.25, 0.3) is 5.57 Å². The number of benzene rings is 1. The normalized spacial score (nSPS) is 26.8. The Kier molecular flexibility index (Phi) is 4.40. The molecule has 1 aromatic carbocycles. The van der Waals surface area contributed by atoms with Crippen LogP contribution in [0.2, 0.25) is 0 Å². The van der Waals surface area contributed by atoms with E-state index in [1.807, 2.05) is 0 Å². The summed E-state index contributed by atoms with van der Waals surface area (Å²) in [6.45, 7) is 6.14. The third kappa shape index (κ3) is 2.84. The molecule has 25 heavy (non-hydrogen) atoms. The van der Waals surface area contributed by atoms with Crippen molar-refractivity contribution >= 4 is 11.7 Å². The Morgan fingerprint density at radius 2 is 1.96 bits per heavy atom. The zero-order valence-corrected chi connectivity index (χ0v) is 15.1. The molecule has 5 heteroatoms. The third-order valence-corrected chi connectivity index (χ3v) is 6.08. The van der Waals surface area contributed by atoms with E-state index in [0.29, 0.717) is 12.8 Å². The fraction of sp³-hybridized carbons (Fsp3) is 0.550. The van der Waals surface area contributed by atoms with Crippen molar-refractivity contribution in [2.75, 3.05) is 6.61 Å². The zero-order valence-electron chi connectivity index (χ0n) is 15.1. The maximum absolute atomic E-state index is 13.3. The lowest BCUT2D eigenvalue weighted by atomic mass is 9.67. The first-order chi connectivity index (χ1) is 11.7. The molecule has 1 fully saturated rings. The van der Waals surface area contributed by atoms with Gasteiger partial charge in [0.2, 0.25) is 0 Å². The molecular formula is C20H26FNO3. The second kappa shape index (κ2) is 6.13. The Bertz CT molecular complexity index is 705. The van der Waals surface area contributed by atoms with E-state index in [2.05, 4.69) is 20.8 Å². The second-order valence-electron chi connectivity index (χ2n) is 8.25. The SMILES string of the molecule is CC(C)(C)C12CCC(CC(CO)=C(c3ccc(F)cc3)C1)N2C(=O)O. The van der Waals surface area contributed by atoms with Crippen molar-refractivity contribution in [3.05, 3.63) is 41.2 Å². The molecule has 2 aliphatic heterocycles. The molecule has 1 aromatic rings. The van der Waals surface area contributed by atoms with Crippen molar-refractivity contribution in [2.24, 2.45) is 5.41 Å². The van der Waals surface area contributed by atoms with Crippen molar-refractivity contribution in [3.8, 4) is 0 Å². The van der Waals surface area contributed by atoms with Crippen LogP contribution in [0.5, 0.6) is 0 Å². The predicted octanol–water partition coefficient (Wildman–Crippen LogP) is 4.29. The van der Waals surface area contributed by atoms with Gasteiger partial charge in [0.25, 0.3) is 0 Å². The summed E-state index contributed by atoms with van der Waals surface area (Å²) in [6, 6.07) is 6.16. The molecule has 0 radical (unpaired) electrons. The summed E-state index contributed by atoms with van der Waals surface area (Å²) < 4.78 is 13.3. The van der Waals surface area contributed by atoms with Gasteiger partial charge in [-0.05, 0) is 59.9 Å². The second-order valence-corrected chi connectivity index (χ2v) is 8.25. The van der Waals surface area contributed by atoms with E-state index in [9.17, 15) is 19.4 Å². The highest BCUT2D eigenvalue weighted by molar-refractivity contribution is 5.74. The molecular weight excluding hydrogens is 321 g/mol. The van der Waals surface area contributed by atoms with Crippen LogP contribution in [0.1, 0.15) is 52.0 Å². The number of amides is 1. The van der Waals surface area contributed by atoms with Crippen molar-refractivity contribution in [1.82, 2.24) is 4.90 Å². The van der Waals surface area contributed by atoms with Gasteiger partial charge in [0.05, 0.1) is 12.1 Å². The molecule has 1 saturated heterocycles. The molecule has 2 heterocycles. The maximum Gasteiger partial charge on any atom is 0.408 e. The van der Waals surface area contributed by atoms with Crippen molar-refractivity contribution in [1.29, 1.82) is 0 Å². The number of aliphatic hydroxyl groups is 1. The third-order valence-electron chi connectivity index (χ3n) is 6.08. The summed E-state index contributed by atoms with van der Waals surface area (Å²) in [6.07, 6.45) is 1.80. The number of carboxylic acid groups (broad SMARTS) is 1. The molecule has 2 N–H and O–H groups in total. The van der Waals surface area contributed by atoms with Gasteiger partial charge in [0, 0.05) is 6.04 Å². The number of rotatable bonds is 2. The van der Waals surface area contributed by atoms with Crippen LogP contribution >= 0.6 is 0 Å². The molecule has 4 nitrogen and oxygen atoms in total. The molecule has 3 rings (SSSR count). The molecule has 2 bridgehead atoms. The van der Waals surface area contributed by atoms with Crippen LogP contribution < -0.4 is 0 Å². The number of carbonyl (C=O) groups is 1. The lowest BCUT2D eigenvalue weighted by Crippen LogP contribution is -2.57.